The number of carboxylic acid groups (broad SMARTS) is 1. The van der Waals surface area contributed by atoms with Gasteiger partial charge in [-0.25, -0.2) is 9.59 Å². The first kappa shape index (κ1) is 31.8. The highest BCUT2D eigenvalue weighted by molar-refractivity contribution is 6.40. The van der Waals surface area contributed by atoms with Crippen molar-refractivity contribution < 1.29 is 24.3 Å². The number of hydrogen-bond donors (Lipinski definition) is 4. The van der Waals surface area contributed by atoms with Crippen molar-refractivity contribution in [3.05, 3.63) is 93.5 Å². The second kappa shape index (κ2) is 14.9. The van der Waals surface area contributed by atoms with E-state index in [1.807, 2.05) is 0 Å². The molecule has 9 nitrogen and oxygen atoms in total. The molecule has 0 saturated heterocycles. The SMILES string of the molecule is CN(C(=O)NC(Cc1ccc(NC(=O)c2c(Cl)cccc2Cl)cc1)C(=O)O)c1ccccc1C(=O)NCC1CCCCC1. The summed E-state index contributed by atoms with van der Waals surface area (Å²) < 4.78 is 0. The van der Waals surface area contributed by atoms with Crippen LogP contribution in [-0.2, 0) is 11.2 Å². The van der Waals surface area contributed by atoms with Gasteiger partial charge in [-0.1, -0.05) is 72.8 Å². The Morgan fingerprint density at radius 3 is 2.19 bits per heavy atom. The third kappa shape index (κ3) is 8.49. The van der Waals surface area contributed by atoms with Gasteiger partial charge in [-0.2, -0.15) is 0 Å². The molecule has 1 aliphatic rings. The topological polar surface area (TPSA) is 128 Å². The maximum absolute atomic E-state index is 13.1. The molecule has 43 heavy (non-hydrogen) atoms. The minimum Gasteiger partial charge on any atom is -0.480 e. The van der Waals surface area contributed by atoms with Gasteiger partial charge in [-0.05, 0) is 60.7 Å². The Bertz CT molecular complexity index is 1450. The van der Waals surface area contributed by atoms with Crippen molar-refractivity contribution >= 4 is 58.4 Å². The maximum Gasteiger partial charge on any atom is 0.326 e. The summed E-state index contributed by atoms with van der Waals surface area (Å²) in [6.45, 7) is 0.584. The van der Waals surface area contributed by atoms with Crippen LogP contribution < -0.4 is 20.9 Å². The number of aliphatic carboxylic acids is 1. The quantitative estimate of drug-likeness (QED) is 0.208. The van der Waals surface area contributed by atoms with Gasteiger partial charge in [0.05, 0.1) is 26.9 Å². The van der Waals surface area contributed by atoms with Crippen LogP contribution in [0.1, 0.15) is 58.4 Å². The van der Waals surface area contributed by atoms with E-state index < -0.39 is 23.9 Å². The number of hydrogen-bond acceptors (Lipinski definition) is 4. The molecule has 4 rings (SSSR count). The van der Waals surface area contributed by atoms with Gasteiger partial charge in [0.25, 0.3) is 11.8 Å². The van der Waals surface area contributed by atoms with Crippen molar-refractivity contribution in [2.24, 2.45) is 5.92 Å². The normalized spacial score (nSPS) is 13.9. The van der Waals surface area contributed by atoms with Crippen LogP contribution in [0.15, 0.2) is 66.7 Å². The lowest BCUT2D eigenvalue weighted by Gasteiger charge is -2.24. The number of carbonyl (C=O) groups is 4. The molecule has 4 amide bonds. The average Bonchev–Trinajstić information content (AvgIpc) is 3.00. The molecular weight excluding hydrogens is 591 g/mol. The van der Waals surface area contributed by atoms with E-state index >= 15 is 0 Å². The van der Waals surface area contributed by atoms with Crippen LogP contribution in [0, 0.1) is 5.92 Å². The Morgan fingerprint density at radius 1 is 0.884 bits per heavy atom. The summed E-state index contributed by atoms with van der Waals surface area (Å²) in [5, 5.41) is 18.5. The molecule has 226 valence electrons. The number of nitrogens with zero attached hydrogens (tertiary/aromatic N) is 1. The first-order chi connectivity index (χ1) is 20.6. The predicted molar refractivity (Wildman–Crippen MR) is 168 cm³/mol. The average molecular weight is 626 g/mol. The van der Waals surface area contributed by atoms with E-state index in [0.717, 1.165) is 12.8 Å². The van der Waals surface area contributed by atoms with Gasteiger partial charge >= 0.3 is 12.0 Å². The highest BCUT2D eigenvalue weighted by atomic mass is 35.5. The summed E-state index contributed by atoms with van der Waals surface area (Å²) in [6.07, 6.45) is 5.75. The van der Waals surface area contributed by atoms with Crippen molar-refractivity contribution in [2.75, 3.05) is 23.8 Å². The molecule has 0 aliphatic heterocycles. The third-order valence-electron chi connectivity index (χ3n) is 7.53. The van der Waals surface area contributed by atoms with Gasteiger partial charge in [-0.3, -0.25) is 14.5 Å². The highest BCUT2D eigenvalue weighted by Crippen LogP contribution is 2.26. The number of nitrogens with one attached hydrogen (secondary N) is 3. The summed E-state index contributed by atoms with van der Waals surface area (Å²) in [4.78, 5) is 52.1. The second-order valence-electron chi connectivity index (χ2n) is 10.6. The Balaban J connectivity index is 1.38. The van der Waals surface area contributed by atoms with Gasteiger partial charge in [-0.15, -0.1) is 0 Å². The molecule has 1 aliphatic carbocycles. The van der Waals surface area contributed by atoms with Crippen LogP contribution in [-0.4, -0.2) is 48.6 Å². The number of carbonyl (C=O) groups excluding carboxylic acids is 3. The predicted octanol–water partition coefficient (Wildman–Crippen LogP) is 6.40. The maximum atomic E-state index is 13.1. The molecule has 0 radical (unpaired) electrons. The van der Waals surface area contributed by atoms with Gasteiger partial charge in [0.1, 0.15) is 6.04 Å². The van der Waals surface area contributed by atoms with E-state index in [1.165, 1.54) is 31.2 Å². The fourth-order valence-electron chi connectivity index (χ4n) is 5.11. The smallest absolute Gasteiger partial charge is 0.326 e. The first-order valence-corrected chi connectivity index (χ1v) is 14.9. The van der Waals surface area contributed by atoms with Gasteiger partial charge in [0.15, 0.2) is 0 Å². The molecule has 1 fully saturated rings. The first-order valence-electron chi connectivity index (χ1n) is 14.1. The van der Waals surface area contributed by atoms with Gasteiger partial charge in [0, 0.05) is 25.7 Å². The summed E-state index contributed by atoms with van der Waals surface area (Å²) >= 11 is 12.2. The molecule has 1 unspecified atom stereocenters. The lowest BCUT2D eigenvalue weighted by molar-refractivity contribution is -0.139. The molecular formula is C32H34Cl2N4O5. The van der Waals surface area contributed by atoms with Crippen molar-refractivity contribution in [3.8, 4) is 0 Å². The minimum atomic E-state index is -1.25. The second-order valence-corrected chi connectivity index (χ2v) is 11.4. The largest absolute Gasteiger partial charge is 0.480 e. The number of halogens is 2. The van der Waals surface area contributed by atoms with E-state index in [2.05, 4.69) is 16.0 Å². The molecule has 0 spiro atoms. The third-order valence-corrected chi connectivity index (χ3v) is 8.16. The molecule has 1 saturated carbocycles. The van der Waals surface area contributed by atoms with E-state index in [9.17, 15) is 24.3 Å². The van der Waals surface area contributed by atoms with Crippen molar-refractivity contribution in [2.45, 2.75) is 44.6 Å². The van der Waals surface area contributed by atoms with Crippen LogP contribution in [0.4, 0.5) is 16.2 Å². The zero-order valence-electron chi connectivity index (χ0n) is 23.7. The number of para-hydroxylation sites is 1. The van der Waals surface area contributed by atoms with E-state index in [4.69, 9.17) is 23.2 Å². The highest BCUT2D eigenvalue weighted by Gasteiger charge is 2.25. The molecule has 3 aromatic carbocycles. The fraction of sp³-hybridized carbons (Fsp3) is 0.312. The number of carboxylic acids is 1. The van der Waals surface area contributed by atoms with Crippen LogP contribution >= 0.6 is 23.2 Å². The Kier molecular flexibility index (Phi) is 11.0. The molecule has 0 aromatic heterocycles. The van der Waals surface area contributed by atoms with Crippen molar-refractivity contribution in [1.82, 2.24) is 10.6 Å². The lowest BCUT2D eigenvalue weighted by Crippen LogP contribution is -2.48. The Hall–Kier alpha value is -4.08. The number of benzene rings is 3. The molecule has 11 heteroatoms. The van der Waals surface area contributed by atoms with E-state index in [0.29, 0.717) is 35.0 Å². The lowest BCUT2D eigenvalue weighted by atomic mass is 9.89. The Labute approximate surface area is 260 Å². The standard InChI is InChI=1S/C32H34Cl2N4O5/c1-38(27-13-6-5-10-23(27)29(39)35-19-21-8-3-2-4-9-21)32(43)37-26(31(41)42)18-20-14-16-22(17-15-20)36-30(40)28-24(33)11-7-12-25(28)34/h5-7,10-17,21,26H,2-4,8-9,18-19H2,1H3,(H,35,39)(H,36,40)(H,37,43)(H,41,42). The summed E-state index contributed by atoms with van der Waals surface area (Å²) in [6, 6.07) is 16.1. The minimum absolute atomic E-state index is 0.0109. The number of rotatable bonds is 10. The van der Waals surface area contributed by atoms with Crippen LogP contribution in [0.5, 0.6) is 0 Å². The summed E-state index contributed by atoms with van der Waals surface area (Å²) in [5.74, 6) is -1.52. The summed E-state index contributed by atoms with van der Waals surface area (Å²) in [7, 11) is 1.49. The van der Waals surface area contributed by atoms with Crippen LogP contribution in [0.25, 0.3) is 0 Å². The summed E-state index contributed by atoms with van der Waals surface area (Å²) in [5.41, 5.74) is 1.92. The number of urea groups is 1. The van der Waals surface area contributed by atoms with E-state index in [-0.39, 0.29) is 27.9 Å². The molecule has 1 atom stereocenters. The molecule has 4 N–H and O–H groups in total. The number of anilines is 2. The zero-order chi connectivity index (χ0) is 30.9. The Morgan fingerprint density at radius 2 is 1.53 bits per heavy atom. The van der Waals surface area contributed by atoms with Crippen molar-refractivity contribution in [3.63, 3.8) is 0 Å². The number of amides is 4. The molecule has 0 heterocycles. The van der Waals surface area contributed by atoms with Gasteiger partial charge < -0.3 is 21.1 Å². The molecule has 0 bridgehead atoms. The van der Waals surface area contributed by atoms with E-state index in [1.54, 1.807) is 66.7 Å². The zero-order valence-corrected chi connectivity index (χ0v) is 25.3. The van der Waals surface area contributed by atoms with Crippen LogP contribution in [0.2, 0.25) is 10.0 Å². The fourth-order valence-corrected chi connectivity index (χ4v) is 5.67. The van der Waals surface area contributed by atoms with Crippen molar-refractivity contribution in [1.29, 1.82) is 0 Å². The molecule has 3 aromatic rings. The van der Waals surface area contributed by atoms with Crippen LogP contribution in [0.3, 0.4) is 0 Å². The monoisotopic (exact) mass is 624 g/mol. The van der Waals surface area contributed by atoms with Gasteiger partial charge in [0.2, 0.25) is 0 Å².